The van der Waals surface area contributed by atoms with Crippen LogP contribution in [0.25, 0.3) is 0 Å². The summed E-state index contributed by atoms with van der Waals surface area (Å²) in [6, 6.07) is 31.3. The lowest BCUT2D eigenvalue weighted by atomic mass is 9.80. The van der Waals surface area contributed by atoms with E-state index in [4.69, 9.17) is 14.2 Å². The minimum Gasteiger partial charge on any atom is -0.356 e. The summed E-state index contributed by atoms with van der Waals surface area (Å²) in [6.45, 7) is 8.37. The molecule has 3 atom stereocenters. The van der Waals surface area contributed by atoms with Crippen LogP contribution in [0.1, 0.15) is 30.5 Å². The number of hydrogen-bond acceptors (Lipinski definition) is 3. The molecule has 33 heavy (non-hydrogen) atoms. The van der Waals surface area contributed by atoms with E-state index >= 15 is 0 Å². The first kappa shape index (κ1) is 21.8. The Bertz CT molecular complexity index is 1020. The molecule has 1 saturated heterocycles. The molecule has 168 valence electrons. The molecule has 1 fully saturated rings. The summed E-state index contributed by atoms with van der Waals surface area (Å²) in [7, 11) is 0. The van der Waals surface area contributed by atoms with E-state index in [1.54, 1.807) is 0 Å². The Morgan fingerprint density at radius 2 is 1.30 bits per heavy atom. The van der Waals surface area contributed by atoms with Gasteiger partial charge in [0.05, 0.1) is 6.61 Å². The lowest BCUT2D eigenvalue weighted by Crippen LogP contribution is -2.35. The van der Waals surface area contributed by atoms with Gasteiger partial charge in [0.25, 0.3) is 0 Å². The molecule has 0 radical (unpaired) electrons. The van der Waals surface area contributed by atoms with E-state index in [-0.39, 0.29) is 18.1 Å². The van der Waals surface area contributed by atoms with Crippen molar-refractivity contribution in [1.82, 2.24) is 0 Å². The van der Waals surface area contributed by atoms with Crippen LogP contribution in [-0.2, 0) is 19.8 Å². The average molecular weight is 439 g/mol. The van der Waals surface area contributed by atoms with E-state index in [0.717, 1.165) is 22.3 Å². The fourth-order valence-corrected chi connectivity index (χ4v) is 5.09. The lowest BCUT2D eigenvalue weighted by Gasteiger charge is -2.36. The van der Waals surface area contributed by atoms with Gasteiger partial charge >= 0.3 is 0 Å². The molecule has 3 nitrogen and oxygen atoms in total. The van der Waals surface area contributed by atoms with Crippen molar-refractivity contribution in [3.63, 3.8) is 0 Å². The zero-order chi connectivity index (χ0) is 22.9. The highest BCUT2D eigenvalue weighted by Crippen LogP contribution is 2.45. The molecule has 0 aromatic heterocycles. The quantitative estimate of drug-likeness (QED) is 0.322. The van der Waals surface area contributed by atoms with Gasteiger partial charge in [-0.05, 0) is 36.1 Å². The molecule has 0 spiro atoms. The van der Waals surface area contributed by atoms with Crippen LogP contribution in [0.4, 0.5) is 0 Å². The Hall–Kier alpha value is -2.98. The van der Waals surface area contributed by atoms with Crippen LogP contribution in [0, 0.1) is 5.92 Å². The first-order chi connectivity index (χ1) is 16.0. The first-order valence-electron chi connectivity index (χ1n) is 11.5. The average Bonchev–Trinajstić information content (AvgIpc) is 3.34. The number of fused-ring (bicyclic) bond motifs is 1. The van der Waals surface area contributed by atoms with E-state index in [2.05, 4.69) is 85.5 Å². The van der Waals surface area contributed by atoms with E-state index in [1.807, 2.05) is 38.1 Å². The van der Waals surface area contributed by atoms with Gasteiger partial charge in [-0.1, -0.05) is 103 Å². The van der Waals surface area contributed by atoms with Crippen LogP contribution in [0.2, 0.25) is 0 Å². The summed E-state index contributed by atoms with van der Waals surface area (Å²) in [6.07, 6.45) is 3.94. The highest BCUT2D eigenvalue weighted by Gasteiger charge is 2.49. The van der Waals surface area contributed by atoms with Gasteiger partial charge in [-0.25, -0.2) is 0 Å². The smallest absolute Gasteiger partial charge is 0.164 e. The van der Waals surface area contributed by atoms with Gasteiger partial charge in [-0.15, -0.1) is 6.58 Å². The Morgan fingerprint density at radius 3 is 1.76 bits per heavy atom. The third-order valence-electron chi connectivity index (χ3n) is 6.55. The van der Waals surface area contributed by atoms with Crippen molar-refractivity contribution in [2.24, 2.45) is 5.92 Å². The summed E-state index contributed by atoms with van der Waals surface area (Å²) in [5, 5.41) is 0. The predicted molar refractivity (Wildman–Crippen MR) is 131 cm³/mol. The molecule has 3 aromatic carbocycles. The zero-order valence-corrected chi connectivity index (χ0v) is 19.2. The van der Waals surface area contributed by atoms with Crippen molar-refractivity contribution in [2.45, 2.75) is 37.4 Å². The molecular weight excluding hydrogens is 408 g/mol. The van der Waals surface area contributed by atoms with Crippen molar-refractivity contribution in [3.8, 4) is 0 Å². The van der Waals surface area contributed by atoms with Crippen LogP contribution in [0.3, 0.4) is 0 Å². The van der Waals surface area contributed by atoms with Gasteiger partial charge in [-0.3, -0.25) is 0 Å². The second-order valence-corrected chi connectivity index (χ2v) is 9.14. The van der Waals surface area contributed by atoms with Gasteiger partial charge in [0.1, 0.15) is 17.8 Å². The monoisotopic (exact) mass is 438 g/mol. The van der Waals surface area contributed by atoms with E-state index in [1.165, 1.54) is 0 Å². The molecule has 1 heterocycles. The lowest BCUT2D eigenvalue weighted by molar-refractivity contribution is -0.147. The third-order valence-corrected chi connectivity index (χ3v) is 6.55. The summed E-state index contributed by atoms with van der Waals surface area (Å²) < 4.78 is 19.5. The standard InChI is InChI=1S/C30H30O3/c1-4-22-20-23(28-27(22)32-29(2,3)33-28)21-31-30(24-14-8-5-9-15-24,25-16-10-6-11-17-25)26-18-12-7-13-19-26/h4-20,22,27-28H,1,21H2,2-3H3/t22-,27-,28+/m0/s1. The Kier molecular flexibility index (Phi) is 5.79. The van der Waals surface area contributed by atoms with Crippen molar-refractivity contribution in [1.29, 1.82) is 0 Å². The van der Waals surface area contributed by atoms with E-state index < -0.39 is 11.4 Å². The van der Waals surface area contributed by atoms with Gasteiger partial charge in [0, 0.05) is 5.92 Å². The molecule has 0 bridgehead atoms. The molecule has 3 aromatic rings. The summed E-state index contributed by atoms with van der Waals surface area (Å²) in [5.74, 6) is -0.513. The number of hydrogen-bond donors (Lipinski definition) is 0. The Labute approximate surface area is 196 Å². The van der Waals surface area contributed by atoms with E-state index in [9.17, 15) is 0 Å². The third kappa shape index (κ3) is 3.97. The molecule has 3 heteroatoms. The van der Waals surface area contributed by atoms with Crippen LogP contribution in [0.5, 0.6) is 0 Å². The SMILES string of the molecule is C=C[C@H]1C=C(COC(c2ccccc2)(c2ccccc2)c2ccccc2)[C@H]2OC(C)(C)O[C@@H]12. The minimum atomic E-state index is -0.763. The molecule has 2 aliphatic rings. The molecule has 1 aliphatic heterocycles. The van der Waals surface area contributed by atoms with Crippen LogP contribution < -0.4 is 0 Å². The predicted octanol–water partition coefficient (Wildman–Crippen LogP) is 6.26. The maximum atomic E-state index is 7.00. The Balaban J connectivity index is 1.58. The molecule has 1 aliphatic carbocycles. The number of rotatable bonds is 7. The summed E-state index contributed by atoms with van der Waals surface area (Å²) >= 11 is 0. The van der Waals surface area contributed by atoms with Crippen LogP contribution in [-0.4, -0.2) is 24.6 Å². The van der Waals surface area contributed by atoms with Crippen LogP contribution >= 0.6 is 0 Å². The topological polar surface area (TPSA) is 27.7 Å². The van der Waals surface area contributed by atoms with Gasteiger partial charge in [0.15, 0.2) is 5.79 Å². The number of ether oxygens (including phenoxy) is 3. The first-order valence-corrected chi connectivity index (χ1v) is 11.5. The molecule has 0 N–H and O–H groups in total. The van der Waals surface area contributed by atoms with Crippen molar-refractivity contribution < 1.29 is 14.2 Å². The van der Waals surface area contributed by atoms with Gasteiger partial charge in [-0.2, -0.15) is 0 Å². The molecule has 0 amide bonds. The maximum Gasteiger partial charge on any atom is 0.164 e. The summed E-state index contributed by atoms with van der Waals surface area (Å²) in [5.41, 5.74) is 3.59. The van der Waals surface area contributed by atoms with Gasteiger partial charge < -0.3 is 14.2 Å². The highest BCUT2D eigenvalue weighted by molar-refractivity contribution is 5.47. The minimum absolute atomic E-state index is 0.0596. The molecule has 5 rings (SSSR count). The second kappa shape index (κ2) is 8.75. The fourth-order valence-electron chi connectivity index (χ4n) is 5.09. The van der Waals surface area contributed by atoms with Crippen molar-refractivity contribution >= 4 is 0 Å². The number of benzene rings is 3. The largest absolute Gasteiger partial charge is 0.356 e. The highest BCUT2D eigenvalue weighted by atomic mass is 16.8. The van der Waals surface area contributed by atoms with Crippen molar-refractivity contribution in [3.05, 3.63) is 132 Å². The fraction of sp³-hybridized carbons (Fsp3) is 0.267. The zero-order valence-electron chi connectivity index (χ0n) is 19.2. The summed E-state index contributed by atoms with van der Waals surface area (Å²) in [4.78, 5) is 0. The van der Waals surface area contributed by atoms with Gasteiger partial charge in [0.2, 0.25) is 0 Å². The maximum absolute atomic E-state index is 7.00. The molecule has 0 unspecified atom stereocenters. The normalized spacial score (nSPS) is 23.7. The van der Waals surface area contributed by atoms with E-state index in [0.29, 0.717) is 6.61 Å². The second-order valence-electron chi connectivity index (χ2n) is 9.14. The Morgan fingerprint density at radius 1 is 0.818 bits per heavy atom. The molecular formula is C30H30O3. The van der Waals surface area contributed by atoms with Crippen LogP contribution in [0.15, 0.2) is 115 Å². The molecule has 0 saturated carbocycles. The van der Waals surface area contributed by atoms with Crippen molar-refractivity contribution in [2.75, 3.05) is 6.61 Å².